The second-order valence-electron chi connectivity index (χ2n) is 5.27. The monoisotopic (exact) mass is 302 g/mol. The summed E-state index contributed by atoms with van der Waals surface area (Å²) in [6, 6.07) is 18.2. The maximum absolute atomic E-state index is 12.1. The van der Waals surface area contributed by atoms with Crippen molar-refractivity contribution in [1.82, 2.24) is 5.32 Å². The molecule has 0 aliphatic carbocycles. The Morgan fingerprint density at radius 1 is 1.10 bits per heavy atom. The summed E-state index contributed by atoms with van der Waals surface area (Å²) in [7, 11) is 0. The topological polar surface area (TPSA) is 55.1 Å². The lowest BCUT2D eigenvalue weighted by atomic mass is 9.84. The van der Waals surface area contributed by atoms with Crippen LogP contribution in [0.4, 0.5) is 0 Å². The number of amides is 1. The number of fused-ring (bicyclic) bond motifs is 1. The number of carbonyl (C=O) groups is 1. The summed E-state index contributed by atoms with van der Waals surface area (Å²) >= 11 is 0. The standard InChI is InChI=1S/C17H18N2O.ClH/c18-16(20)17(11-10-13-6-2-1-3-7-13)15-9-5-4-8-14(15)12-19-17;/h1-9,19H,10-12H2,(H2,18,20);1H. The molecule has 0 aromatic heterocycles. The van der Waals surface area contributed by atoms with Crippen molar-refractivity contribution in [3.8, 4) is 0 Å². The molecule has 1 aliphatic heterocycles. The quantitative estimate of drug-likeness (QED) is 0.912. The molecule has 1 unspecified atom stereocenters. The van der Waals surface area contributed by atoms with Crippen molar-refractivity contribution in [2.75, 3.05) is 0 Å². The van der Waals surface area contributed by atoms with Crippen molar-refractivity contribution < 1.29 is 4.79 Å². The predicted molar refractivity (Wildman–Crippen MR) is 86.2 cm³/mol. The summed E-state index contributed by atoms with van der Waals surface area (Å²) in [5.41, 5.74) is 8.40. The lowest BCUT2D eigenvalue weighted by Crippen LogP contribution is -2.49. The van der Waals surface area contributed by atoms with Gasteiger partial charge in [0.05, 0.1) is 0 Å². The molecular formula is C17H19ClN2O. The van der Waals surface area contributed by atoms with Gasteiger partial charge >= 0.3 is 0 Å². The third kappa shape index (κ3) is 2.80. The first-order valence-corrected chi connectivity index (χ1v) is 6.90. The second kappa shape index (κ2) is 6.29. The lowest BCUT2D eigenvalue weighted by molar-refractivity contribution is -0.124. The molecule has 3 nitrogen and oxygen atoms in total. The van der Waals surface area contributed by atoms with Gasteiger partial charge in [0.15, 0.2) is 0 Å². The van der Waals surface area contributed by atoms with Crippen molar-refractivity contribution in [3.63, 3.8) is 0 Å². The number of benzene rings is 2. The molecule has 3 rings (SSSR count). The zero-order chi connectivity index (χ0) is 14.0. The van der Waals surface area contributed by atoms with Crippen molar-refractivity contribution in [3.05, 3.63) is 71.3 Å². The molecule has 0 saturated carbocycles. The third-order valence-electron chi connectivity index (χ3n) is 4.11. The summed E-state index contributed by atoms with van der Waals surface area (Å²) in [4.78, 5) is 12.1. The third-order valence-corrected chi connectivity index (χ3v) is 4.11. The van der Waals surface area contributed by atoms with Crippen LogP contribution in [0.3, 0.4) is 0 Å². The van der Waals surface area contributed by atoms with Gasteiger partial charge in [-0.2, -0.15) is 0 Å². The number of halogens is 1. The molecule has 0 radical (unpaired) electrons. The van der Waals surface area contributed by atoms with Gasteiger partial charge in [-0.25, -0.2) is 0 Å². The van der Waals surface area contributed by atoms with Crippen LogP contribution in [-0.4, -0.2) is 5.91 Å². The molecule has 1 heterocycles. The van der Waals surface area contributed by atoms with Crippen LogP contribution in [0.15, 0.2) is 54.6 Å². The molecule has 0 saturated heterocycles. The van der Waals surface area contributed by atoms with E-state index in [-0.39, 0.29) is 18.3 Å². The highest BCUT2D eigenvalue weighted by Gasteiger charge is 2.42. The van der Waals surface area contributed by atoms with Crippen LogP contribution in [0.25, 0.3) is 0 Å². The molecule has 2 aromatic carbocycles. The molecule has 110 valence electrons. The Bertz CT molecular complexity index is 630. The van der Waals surface area contributed by atoms with Crippen LogP contribution in [0, 0.1) is 0 Å². The van der Waals surface area contributed by atoms with Crippen molar-refractivity contribution in [2.24, 2.45) is 5.73 Å². The summed E-state index contributed by atoms with van der Waals surface area (Å²) in [6.45, 7) is 0.702. The summed E-state index contributed by atoms with van der Waals surface area (Å²) < 4.78 is 0. The highest BCUT2D eigenvalue weighted by atomic mass is 35.5. The number of nitrogens with two attached hydrogens (primary N) is 1. The average Bonchev–Trinajstić information content (AvgIpc) is 2.87. The van der Waals surface area contributed by atoms with Gasteiger partial charge in [-0.3, -0.25) is 10.1 Å². The molecular weight excluding hydrogens is 284 g/mol. The Balaban J connectivity index is 0.00000161. The van der Waals surface area contributed by atoms with Gasteiger partial charge in [0, 0.05) is 6.54 Å². The van der Waals surface area contributed by atoms with Crippen LogP contribution in [0.2, 0.25) is 0 Å². The molecule has 1 aliphatic rings. The number of rotatable bonds is 4. The second-order valence-corrected chi connectivity index (χ2v) is 5.27. The minimum atomic E-state index is -0.730. The van der Waals surface area contributed by atoms with E-state index in [1.54, 1.807) is 0 Å². The van der Waals surface area contributed by atoms with Crippen LogP contribution in [-0.2, 0) is 23.3 Å². The Morgan fingerprint density at radius 3 is 2.48 bits per heavy atom. The minimum absolute atomic E-state index is 0. The fraction of sp³-hybridized carbons (Fsp3) is 0.235. The van der Waals surface area contributed by atoms with Gasteiger partial charge in [0.2, 0.25) is 5.91 Å². The first-order chi connectivity index (χ1) is 9.72. The van der Waals surface area contributed by atoms with E-state index in [0.29, 0.717) is 13.0 Å². The first-order valence-electron chi connectivity index (χ1n) is 6.90. The largest absolute Gasteiger partial charge is 0.368 e. The van der Waals surface area contributed by atoms with E-state index in [1.165, 1.54) is 11.1 Å². The first kappa shape index (κ1) is 15.5. The van der Waals surface area contributed by atoms with E-state index >= 15 is 0 Å². The molecule has 1 atom stereocenters. The van der Waals surface area contributed by atoms with Crippen LogP contribution in [0.5, 0.6) is 0 Å². The molecule has 21 heavy (non-hydrogen) atoms. The highest BCUT2D eigenvalue weighted by molar-refractivity contribution is 5.87. The van der Waals surface area contributed by atoms with Gasteiger partial charge in [-0.1, -0.05) is 54.6 Å². The zero-order valence-corrected chi connectivity index (χ0v) is 12.5. The highest BCUT2D eigenvalue weighted by Crippen LogP contribution is 2.34. The predicted octanol–water partition coefficient (Wildman–Crippen LogP) is 2.53. The maximum Gasteiger partial charge on any atom is 0.242 e. The van der Waals surface area contributed by atoms with E-state index in [9.17, 15) is 4.79 Å². The van der Waals surface area contributed by atoms with E-state index in [0.717, 1.165) is 12.0 Å². The SMILES string of the molecule is Cl.NC(=O)C1(CCc2ccccc2)NCc2ccccc21. The van der Waals surface area contributed by atoms with Crippen LogP contribution >= 0.6 is 12.4 Å². The lowest BCUT2D eigenvalue weighted by Gasteiger charge is -2.27. The van der Waals surface area contributed by atoms with Crippen LogP contribution in [0.1, 0.15) is 23.1 Å². The Morgan fingerprint density at radius 2 is 1.76 bits per heavy atom. The Hall–Kier alpha value is -1.84. The van der Waals surface area contributed by atoms with E-state index in [4.69, 9.17) is 5.73 Å². The maximum atomic E-state index is 12.1. The summed E-state index contributed by atoms with van der Waals surface area (Å²) in [5, 5.41) is 3.33. The Labute approximate surface area is 131 Å². The van der Waals surface area contributed by atoms with Gasteiger partial charge < -0.3 is 5.73 Å². The number of primary amides is 1. The molecule has 0 fully saturated rings. The zero-order valence-electron chi connectivity index (χ0n) is 11.7. The smallest absolute Gasteiger partial charge is 0.242 e. The molecule has 3 N–H and O–H groups in total. The fourth-order valence-corrected chi connectivity index (χ4v) is 2.97. The van der Waals surface area contributed by atoms with Gasteiger partial charge in [-0.15, -0.1) is 12.4 Å². The van der Waals surface area contributed by atoms with E-state index in [1.807, 2.05) is 36.4 Å². The summed E-state index contributed by atoms with van der Waals surface area (Å²) in [5.74, 6) is -0.293. The van der Waals surface area contributed by atoms with E-state index in [2.05, 4.69) is 23.5 Å². The minimum Gasteiger partial charge on any atom is -0.368 e. The van der Waals surface area contributed by atoms with Crippen LogP contribution < -0.4 is 11.1 Å². The molecule has 0 spiro atoms. The average molecular weight is 303 g/mol. The van der Waals surface area contributed by atoms with Gasteiger partial charge in [-0.05, 0) is 29.5 Å². The molecule has 0 bridgehead atoms. The normalized spacial score (nSPS) is 19.6. The number of aryl methyl sites for hydroxylation is 1. The molecule has 1 amide bonds. The summed E-state index contributed by atoms with van der Waals surface area (Å²) in [6.07, 6.45) is 1.51. The van der Waals surface area contributed by atoms with Crippen molar-refractivity contribution >= 4 is 18.3 Å². The number of hydrogen-bond acceptors (Lipinski definition) is 2. The number of hydrogen-bond donors (Lipinski definition) is 2. The van der Waals surface area contributed by atoms with Crippen molar-refractivity contribution in [1.29, 1.82) is 0 Å². The molecule has 2 aromatic rings. The number of carbonyl (C=O) groups excluding carboxylic acids is 1. The Kier molecular flexibility index (Phi) is 4.66. The number of nitrogens with one attached hydrogen (secondary N) is 1. The van der Waals surface area contributed by atoms with Gasteiger partial charge in [0.1, 0.15) is 5.54 Å². The van der Waals surface area contributed by atoms with Gasteiger partial charge in [0.25, 0.3) is 0 Å². The molecule has 4 heteroatoms. The van der Waals surface area contributed by atoms with Crippen molar-refractivity contribution in [2.45, 2.75) is 24.9 Å². The fourth-order valence-electron chi connectivity index (χ4n) is 2.97. The van der Waals surface area contributed by atoms with E-state index < -0.39 is 5.54 Å².